The predicted octanol–water partition coefficient (Wildman–Crippen LogP) is 4.88. The highest BCUT2D eigenvalue weighted by Crippen LogP contribution is 2.44. The Morgan fingerprint density at radius 2 is 1.66 bits per heavy atom. The number of anilines is 1. The second-order valence-electron chi connectivity index (χ2n) is 8.64. The maximum absolute atomic E-state index is 14.4. The number of hydrogen-bond acceptors (Lipinski definition) is 4. The van der Waals surface area contributed by atoms with Gasteiger partial charge in [-0.2, -0.15) is 0 Å². The molecule has 0 aromatic heterocycles. The van der Waals surface area contributed by atoms with E-state index >= 15 is 0 Å². The van der Waals surface area contributed by atoms with Crippen LogP contribution >= 0.6 is 0 Å². The van der Waals surface area contributed by atoms with Crippen molar-refractivity contribution in [1.82, 2.24) is 4.90 Å². The summed E-state index contributed by atoms with van der Waals surface area (Å²) >= 11 is 0. The van der Waals surface area contributed by atoms with Crippen molar-refractivity contribution in [2.24, 2.45) is 0 Å². The Morgan fingerprint density at radius 1 is 1.00 bits per heavy atom. The molecule has 8 heteroatoms. The predicted molar refractivity (Wildman–Crippen MR) is 127 cm³/mol. The molecule has 1 fully saturated rings. The Morgan fingerprint density at radius 3 is 2.31 bits per heavy atom. The van der Waals surface area contributed by atoms with Crippen molar-refractivity contribution in [2.75, 3.05) is 18.5 Å². The van der Waals surface area contributed by atoms with E-state index in [-0.39, 0.29) is 30.3 Å². The zero-order valence-electron chi connectivity index (χ0n) is 18.7. The summed E-state index contributed by atoms with van der Waals surface area (Å²) in [7, 11) is 0. The van der Waals surface area contributed by atoms with Crippen molar-refractivity contribution in [3.05, 3.63) is 89.2 Å². The summed E-state index contributed by atoms with van der Waals surface area (Å²) < 4.78 is 19.9. The fraction of sp³-hybridized carbons (Fsp3) is 0.222. The summed E-state index contributed by atoms with van der Waals surface area (Å²) in [6.07, 6.45) is 0.115. The van der Waals surface area contributed by atoms with E-state index in [0.29, 0.717) is 12.8 Å². The molecular formula is C27H23FN2O5. The number of nitrogens with zero attached hydrogens (tertiary/aromatic N) is 1. The average Bonchev–Trinajstić information content (AvgIpc) is 3.47. The van der Waals surface area contributed by atoms with E-state index in [1.807, 2.05) is 48.5 Å². The summed E-state index contributed by atoms with van der Waals surface area (Å²) in [4.78, 5) is 38.0. The fourth-order valence-electron chi connectivity index (χ4n) is 4.94. The van der Waals surface area contributed by atoms with Crippen molar-refractivity contribution >= 4 is 23.7 Å². The zero-order chi connectivity index (χ0) is 24.5. The molecule has 3 aromatic rings. The molecule has 1 saturated heterocycles. The number of carboxylic acid groups (broad SMARTS) is 1. The van der Waals surface area contributed by atoms with Gasteiger partial charge in [-0.3, -0.25) is 10.1 Å². The summed E-state index contributed by atoms with van der Waals surface area (Å²) in [6, 6.07) is 18.6. The number of carboxylic acids is 1. The minimum absolute atomic E-state index is 0.110. The van der Waals surface area contributed by atoms with E-state index in [1.54, 1.807) is 0 Å². The van der Waals surface area contributed by atoms with Crippen LogP contribution in [0.4, 0.5) is 14.9 Å². The highest BCUT2D eigenvalue weighted by molar-refractivity contribution is 5.98. The van der Waals surface area contributed by atoms with Gasteiger partial charge in [0.2, 0.25) is 0 Å². The summed E-state index contributed by atoms with van der Waals surface area (Å²) in [5, 5.41) is 11.9. The minimum atomic E-state index is -1.12. The van der Waals surface area contributed by atoms with Crippen molar-refractivity contribution < 1.29 is 28.6 Å². The third-order valence-electron chi connectivity index (χ3n) is 6.59. The van der Waals surface area contributed by atoms with Crippen LogP contribution in [0.5, 0.6) is 0 Å². The van der Waals surface area contributed by atoms with Crippen molar-refractivity contribution in [2.45, 2.75) is 24.8 Å². The molecule has 2 amide bonds. The first-order chi connectivity index (χ1) is 16.9. The first kappa shape index (κ1) is 22.6. The maximum atomic E-state index is 14.4. The lowest BCUT2D eigenvalue weighted by Crippen LogP contribution is -2.40. The molecule has 1 aliphatic carbocycles. The largest absolute Gasteiger partial charge is 0.480 e. The molecule has 178 valence electrons. The monoisotopic (exact) mass is 474 g/mol. The van der Waals surface area contributed by atoms with Gasteiger partial charge in [-0.1, -0.05) is 48.5 Å². The van der Waals surface area contributed by atoms with Gasteiger partial charge in [0.05, 0.1) is 5.56 Å². The van der Waals surface area contributed by atoms with Crippen LogP contribution in [0.3, 0.4) is 0 Å². The zero-order valence-corrected chi connectivity index (χ0v) is 18.7. The topological polar surface area (TPSA) is 95.9 Å². The summed E-state index contributed by atoms with van der Waals surface area (Å²) in [6.45, 7) is 0.347. The van der Waals surface area contributed by atoms with Gasteiger partial charge in [0.1, 0.15) is 18.5 Å². The van der Waals surface area contributed by atoms with Crippen LogP contribution < -0.4 is 5.32 Å². The number of nitrogens with one attached hydrogen (secondary N) is 1. The Hall–Kier alpha value is -4.20. The molecular weight excluding hydrogens is 451 g/mol. The molecule has 1 aliphatic heterocycles. The normalized spacial score (nSPS) is 16.5. The molecule has 0 spiro atoms. The van der Waals surface area contributed by atoms with E-state index in [2.05, 4.69) is 5.32 Å². The van der Waals surface area contributed by atoms with Crippen LogP contribution in [0.15, 0.2) is 66.7 Å². The molecule has 5 rings (SSSR count). The first-order valence-corrected chi connectivity index (χ1v) is 11.4. The number of ether oxygens (including phenoxy) is 1. The molecule has 0 bridgehead atoms. The molecule has 0 saturated carbocycles. The smallest absolute Gasteiger partial charge is 0.411 e. The number of aliphatic carboxylic acids is 1. The minimum Gasteiger partial charge on any atom is -0.480 e. The highest BCUT2D eigenvalue weighted by atomic mass is 19.1. The first-order valence-electron chi connectivity index (χ1n) is 11.4. The Labute approximate surface area is 201 Å². The van der Waals surface area contributed by atoms with Crippen LogP contribution in [-0.4, -0.2) is 47.2 Å². The van der Waals surface area contributed by atoms with Gasteiger partial charge in [0.25, 0.3) is 5.91 Å². The van der Waals surface area contributed by atoms with E-state index < -0.39 is 29.8 Å². The average molecular weight is 474 g/mol. The van der Waals surface area contributed by atoms with Crippen LogP contribution in [0.25, 0.3) is 11.1 Å². The summed E-state index contributed by atoms with van der Waals surface area (Å²) in [5.41, 5.74) is 4.26. The van der Waals surface area contributed by atoms with Crippen LogP contribution in [-0.2, 0) is 9.53 Å². The lowest BCUT2D eigenvalue weighted by molar-refractivity contribution is -0.141. The summed E-state index contributed by atoms with van der Waals surface area (Å²) in [5.74, 6) is -2.74. The SMILES string of the molecule is O=C(Nc1ccc(F)c(C(=O)N2CCC[C@@H]2C(=O)O)c1)OCC1c2ccccc2-c2ccccc21. The lowest BCUT2D eigenvalue weighted by atomic mass is 9.98. The molecule has 1 heterocycles. The quantitative estimate of drug-likeness (QED) is 0.550. The number of rotatable bonds is 5. The molecule has 35 heavy (non-hydrogen) atoms. The fourth-order valence-corrected chi connectivity index (χ4v) is 4.94. The van der Waals surface area contributed by atoms with Crippen LogP contribution in [0.1, 0.15) is 40.2 Å². The van der Waals surface area contributed by atoms with Crippen molar-refractivity contribution in [3.63, 3.8) is 0 Å². The highest BCUT2D eigenvalue weighted by Gasteiger charge is 2.35. The number of hydrogen-bond donors (Lipinski definition) is 2. The van der Waals surface area contributed by atoms with Crippen LogP contribution in [0, 0.1) is 5.82 Å². The van der Waals surface area contributed by atoms with Gasteiger partial charge < -0.3 is 14.7 Å². The van der Waals surface area contributed by atoms with Gasteiger partial charge in [-0.05, 0) is 53.3 Å². The van der Waals surface area contributed by atoms with E-state index in [4.69, 9.17) is 4.74 Å². The van der Waals surface area contributed by atoms with Gasteiger partial charge >= 0.3 is 12.1 Å². The molecule has 0 unspecified atom stereocenters. The number of fused-ring (bicyclic) bond motifs is 3. The number of benzene rings is 3. The third-order valence-corrected chi connectivity index (χ3v) is 6.59. The van der Waals surface area contributed by atoms with E-state index in [1.165, 1.54) is 12.1 Å². The Kier molecular flexibility index (Phi) is 5.94. The van der Waals surface area contributed by atoms with Crippen LogP contribution in [0.2, 0.25) is 0 Å². The van der Waals surface area contributed by atoms with E-state index in [0.717, 1.165) is 33.2 Å². The molecule has 2 N–H and O–H groups in total. The number of carbonyl (C=O) groups is 3. The maximum Gasteiger partial charge on any atom is 0.411 e. The van der Waals surface area contributed by atoms with Crippen molar-refractivity contribution in [3.8, 4) is 11.1 Å². The molecule has 0 radical (unpaired) electrons. The van der Waals surface area contributed by atoms with Gasteiger partial charge in [0.15, 0.2) is 0 Å². The standard InChI is InChI=1S/C27H23FN2O5/c28-23-12-11-16(14-21(23)25(31)30-13-5-10-24(30)26(32)33)29-27(34)35-15-22-19-8-3-1-6-17(19)18-7-2-4-9-20(18)22/h1-4,6-9,11-12,14,22,24H,5,10,13,15H2,(H,29,34)(H,32,33)/t24-/m1/s1. The van der Waals surface area contributed by atoms with Gasteiger partial charge in [-0.25, -0.2) is 14.0 Å². The molecule has 3 aromatic carbocycles. The van der Waals surface area contributed by atoms with Gasteiger partial charge in [-0.15, -0.1) is 0 Å². The number of carbonyl (C=O) groups excluding carboxylic acids is 2. The molecule has 2 aliphatic rings. The number of amides is 2. The Bertz CT molecular complexity index is 1280. The molecule has 1 atom stereocenters. The molecule has 7 nitrogen and oxygen atoms in total. The second-order valence-corrected chi connectivity index (χ2v) is 8.64. The lowest BCUT2D eigenvalue weighted by Gasteiger charge is -2.22. The van der Waals surface area contributed by atoms with Gasteiger partial charge in [0, 0.05) is 18.2 Å². The third kappa shape index (κ3) is 4.23. The number of likely N-dealkylation sites (tertiary alicyclic amines) is 1. The van der Waals surface area contributed by atoms with Crippen molar-refractivity contribution in [1.29, 1.82) is 0 Å². The second kappa shape index (κ2) is 9.21. The van der Waals surface area contributed by atoms with E-state index in [9.17, 15) is 23.9 Å². The number of halogens is 1. The Balaban J connectivity index is 1.28.